The summed E-state index contributed by atoms with van der Waals surface area (Å²) in [7, 11) is 0. The summed E-state index contributed by atoms with van der Waals surface area (Å²) >= 11 is 5.34. The van der Waals surface area contributed by atoms with E-state index in [2.05, 4.69) is 45.7 Å². The summed E-state index contributed by atoms with van der Waals surface area (Å²) in [6.45, 7) is 6.26. The molecule has 0 spiro atoms. The number of para-hydroxylation sites is 1. The van der Waals surface area contributed by atoms with Gasteiger partial charge in [0.2, 0.25) is 0 Å². The van der Waals surface area contributed by atoms with Crippen LogP contribution in [0.1, 0.15) is 56.2 Å². The Morgan fingerprint density at radius 2 is 1.80 bits per heavy atom. The van der Waals surface area contributed by atoms with Gasteiger partial charge in [0.15, 0.2) is 0 Å². The molecule has 0 bridgehead atoms. The van der Waals surface area contributed by atoms with E-state index in [-0.39, 0.29) is 5.91 Å². The first-order valence-corrected chi connectivity index (χ1v) is 13.5. The minimum atomic E-state index is -0.0285. The molecule has 0 unspecified atom stereocenters. The van der Waals surface area contributed by atoms with Crippen LogP contribution in [-0.2, 0) is 12.8 Å². The van der Waals surface area contributed by atoms with Gasteiger partial charge in [-0.2, -0.15) is 0 Å². The van der Waals surface area contributed by atoms with Gasteiger partial charge in [0.05, 0.1) is 11.3 Å². The Labute approximate surface area is 218 Å². The SMILES string of the molecule is Cc1ccc(NC(=O)c2c(-n3c(C)cc(C=Nc4ccccc4Br)c3C)sc3c2CCCC3)cc1. The van der Waals surface area contributed by atoms with Crippen molar-refractivity contribution < 1.29 is 4.79 Å². The van der Waals surface area contributed by atoms with E-state index in [4.69, 9.17) is 4.99 Å². The summed E-state index contributed by atoms with van der Waals surface area (Å²) in [6.07, 6.45) is 6.22. The van der Waals surface area contributed by atoms with Crippen molar-refractivity contribution >= 4 is 50.8 Å². The number of rotatable bonds is 5. The van der Waals surface area contributed by atoms with Crippen molar-refractivity contribution in [1.82, 2.24) is 4.57 Å². The van der Waals surface area contributed by atoms with Gasteiger partial charge in [-0.1, -0.05) is 29.8 Å². The molecule has 5 rings (SSSR count). The Balaban J connectivity index is 1.56. The Morgan fingerprint density at radius 3 is 2.57 bits per heavy atom. The normalized spacial score (nSPS) is 13.3. The molecule has 0 radical (unpaired) electrons. The number of nitrogens with zero attached hydrogens (tertiary/aromatic N) is 2. The lowest BCUT2D eigenvalue weighted by Gasteiger charge is -2.14. The molecule has 178 valence electrons. The summed E-state index contributed by atoms with van der Waals surface area (Å²) in [5.74, 6) is -0.0285. The summed E-state index contributed by atoms with van der Waals surface area (Å²) in [6, 6.07) is 18.1. The number of carbonyl (C=O) groups is 1. The first-order chi connectivity index (χ1) is 16.9. The third-order valence-electron chi connectivity index (χ3n) is 6.56. The topological polar surface area (TPSA) is 46.4 Å². The molecule has 0 saturated heterocycles. The maximum Gasteiger partial charge on any atom is 0.258 e. The number of hydrogen-bond donors (Lipinski definition) is 1. The predicted octanol–water partition coefficient (Wildman–Crippen LogP) is 8.11. The molecular formula is C29H28BrN3OS. The quantitative estimate of drug-likeness (QED) is 0.253. The van der Waals surface area contributed by atoms with Crippen molar-refractivity contribution in [2.45, 2.75) is 46.5 Å². The van der Waals surface area contributed by atoms with Gasteiger partial charge in [0.1, 0.15) is 5.00 Å². The molecule has 4 nitrogen and oxygen atoms in total. The van der Waals surface area contributed by atoms with Crippen LogP contribution in [0.3, 0.4) is 0 Å². The molecule has 0 saturated carbocycles. The highest BCUT2D eigenvalue weighted by Gasteiger charge is 2.28. The number of aryl methyl sites for hydroxylation is 3. The smallest absolute Gasteiger partial charge is 0.258 e. The van der Waals surface area contributed by atoms with Crippen LogP contribution < -0.4 is 5.32 Å². The maximum atomic E-state index is 13.7. The van der Waals surface area contributed by atoms with E-state index in [1.807, 2.05) is 61.7 Å². The number of halogens is 1. The number of aromatic nitrogens is 1. The first kappa shape index (κ1) is 23.8. The van der Waals surface area contributed by atoms with E-state index >= 15 is 0 Å². The highest BCUT2D eigenvalue weighted by Crippen LogP contribution is 2.39. The van der Waals surface area contributed by atoms with Crippen molar-refractivity contribution in [2.75, 3.05) is 5.32 Å². The molecular weight excluding hydrogens is 518 g/mol. The number of amides is 1. The number of thiophene rings is 1. The van der Waals surface area contributed by atoms with Crippen LogP contribution in [0.4, 0.5) is 11.4 Å². The fourth-order valence-corrected chi connectivity index (χ4v) is 6.58. The molecule has 0 aliphatic heterocycles. The Kier molecular flexibility index (Phi) is 6.76. The monoisotopic (exact) mass is 545 g/mol. The van der Waals surface area contributed by atoms with E-state index in [9.17, 15) is 4.79 Å². The Morgan fingerprint density at radius 1 is 1.06 bits per heavy atom. The molecule has 4 aromatic rings. The van der Waals surface area contributed by atoms with Crippen LogP contribution >= 0.6 is 27.3 Å². The lowest BCUT2D eigenvalue weighted by atomic mass is 9.95. The molecule has 1 aliphatic rings. The van der Waals surface area contributed by atoms with Crippen molar-refractivity contribution in [2.24, 2.45) is 4.99 Å². The van der Waals surface area contributed by atoms with Gasteiger partial charge in [0.25, 0.3) is 5.91 Å². The van der Waals surface area contributed by atoms with Crippen molar-refractivity contribution in [3.05, 3.63) is 97.6 Å². The van der Waals surface area contributed by atoms with Gasteiger partial charge >= 0.3 is 0 Å². The number of carbonyl (C=O) groups excluding carboxylic acids is 1. The second-order valence-electron chi connectivity index (χ2n) is 9.08. The lowest BCUT2D eigenvalue weighted by Crippen LogP contribution is -2.17. The molecule has 2 aromatic carbocycles. The van der Waals surface area contributed by atoms with Crippen LogP contribution in [0.15, 0.2) is 64.1 Å². The highest BCUT2D eigenvalue weighted by atomic mass is 79.9. The molecule has 6 heteroatoms. The second kappa shape index (κ2) is 9.96. The third-order valence-corrected chi connectivity index (χ3v) is 8.51. The first-order valence-electron chi connectivity index (χ1n) is 11.9. The summed E-state index contributed by atoms with van der Waals surface area (Å²) in [5.41, 5.74) is 8.16. The minimum absolute atomic E-state index is 0.0285. The van der Waals surface area contributed by atoms with Gasteiger partial charge in [-0.15, -0.1) is 11.3 Å². The Hall–Kier alpha value is -2.96. The maximum absolute atomic E-state index is 13.7. The zero-order chi connectivity index (χ0) is 24.5. The van der Waals surface area contributed by atoms with Gasteiger partial charge in [-0.25, -0.2) is 0 Å². The lowest BCUT2D eigenvalue weighted by molar-refractivity contribution is 0.102. The van der Waals surface area contributed by atoms with Crippen LogP contribution in [0, 0.1) is 20.8 Å². The fourth-order valence-electron chi connectivity index (χ4n) is 4.70. The van der Waals surface area contributed by atoms with Crippen molar-refractivity contribution in [3.8, 4) is 5.00 Å². The van der Waals surface area contributed by atoms with Crippen LogP contribution in [0.2, 0.25) is 0 Å². The third kappa shape index (κ3) is 4.78. The number of fused-ring (bicyclic) bond motifs is 1. The number of aliphatic imine (C=N–C) groups is 1. The number of hydrogen-bond acceptors (Lipinski definition) is 3. The molecule has 1 N–H and O–H groups in total. The molecule has 0 fully saturated rings. The largest absolute Gasteiger partial charge is 0.322 e. The van der Waals surface area contributed by atoms with E-state index < -0.39 is 0 Å². The molecule has 0 atom stereocenters. The second-order valence-corrected chi connectivity index (χ2v) is 11.0. The Bertz CT molecular complexity index is 1430. The highest BCUT2D eigenvalue weighted by molar-refractivity contribution is 9.10. The molecule has 2 aromatic heterocycles. The minimum Gasteiger partial charge on any atom is -0.322 e. The van der Waals surface area contributed by atoms with Crippen molar-refractivity contribution in [3.63, 3.8) is 0 Å². The van der Waals surface area contributed by atoms with Crippen LogP contribution in [0.25, 0.3) is 5.00 Å². The van der Waals surface area contributed by atoms with Gasteiger partial charge in [-0.3, -0.25) is 9.79 Å². The van der Waals surface area contributed by atoms with Crippen LogP contribution in [0.5, 0.6) is 0 Å². The fraction of sp³-hybridized carbons (Fsp3) is 0.241. The predicted molar refractivity (Wildman–Crippen MR) is 150 cm³/mol. The van der Waals surface area contributed by atoms with E-state index in [1.165, 1.54) is 22.4 Å². The molecule has 2 heterocycles. The summed E-state index contributed by atoms with van der Waals surface area (Å²) in [5, 5.41) is 4.16. The van der Waals surface area contributed by atoms with Crippen molar-refractivity contribution in [1.29, 1.82) is 0 Å². The van der Waals surface area contributed by atoms with Gasteiger partial charge in [0, 0.05) is 38.2 Å². The van der Waals surface area contributed by atoms with E-state index in [1.54, 1.807) is 11.3 Å². The molecule has 1 amide bonds. The average Bonchev–Trinajstić information content (AvgIpc) is 3.36. The van der Waals surface area contributed by atoms with Crippen LogP contribution in [-0.4, -0.2) is 16.7 Å². The number of benzene rings is 2. The van der Waals surface area contributed by atoms with Gasteiger partial charge < -0.3 is 9.88 Å². The summed E-state index contributed by atoms with van der Waals surface area (Å²) in [4.78, 5) is 19.7. The number of anilines is 1. The standard InChI is InChI=1S/C29H28BrN3OS/c1-18-12-14-22(15-13-18)32-28(34)27-23-8-4-7-11-26(23)35-29(27)33-19(2)16-21(20(33)3)17-31-25-10-6-5-9-24(25)30/h5-6,9-10,12-17H,4,7-8,11H2,1-3H3,(H,32,34). The zero-order valence-corrected chi connectivity index (χ0v) is 22.6. The number of nitrogens with one attached hydrogen (secondary N) is 1. The van der Waals surface area contributed by atoms with Gasteiger partial charge in [-0.05, 0) is 98.3 Å². The van der Waals surface area contributed by atoms with E-state index in [0.29, 0.717) is 0 Å². The zero-order valence-electron chi connectivity index (χ0n) is 20.2. The van der Waals surface area contributed by atoms with E-state index in [0.717, 1.165) is 62.6 Å². The molecule has 1 aliphatic carbocycles. The average molecular weight is 547 g/mol. The molecule has 35 heavy (non-hydrogen) atoms. The summed E-state index contributed by atoms with van der Waals surface area (Å²) < 4.78 is 3.19.